The largest absolute Gasteiger partial charge is 0.386 e. The number of pyridine rings is 1. The fraction of sp³-hybridized carbons (Fsp3) is 0.385. The monoisotopic (exact) mass is 309 g/mol. The van der Waals surface area contributed by atoms with E-state index in [4.69, 9.17) is 0 Å². The van der Waals surface area contributed by atoms with Crippen molar-refractivity contribution in [3.63, 3.8) is 0 Å². The summed E-state index contributed by atoms with van der Waals surface area (Å²) in [5.74, 6) is 0. The molecule has 0 fully saturated rings. The first-order valence-corrected chi connectivity index (χ1v) is 6.58. The second-order valence-electron chi connectivity index (χ2n) is 4.39. The number of rotatable bonds is 3. The predicted molar refractivity (Wildman–Crippen MR) is 73.3 cm³/mol. The van der Waals surface area contributed by atoms with E-state index in [2.05, 4.69) is 26.0 Å². The van der Waals surface area contributed by atoms with Crippen molar-refractivity contribution >= 4 is 15.9 Å². The predicted octanol–water partition coefficient (Wildman–Crippen LogP) is 2.47. The molecular formula is C13H16BrN3O. The second-order valence-corrected chi connectivity index (χ2v) is 5.19. The van der Waals surface area contributed by atoms with Gasteiger partial charge in [-0.2, -0.15) is 5.10 Å². The zero-order valence-electron chi connectivity index (χ0n) is 10.7. The Bertz CT molecular complexity index is 565. The standard InChI is InChI=1S/C13H16BrN3O/c1-8-5-4-6-10(15-8)12(18)7-11-13(14)9(2)16-17(11)3/h4-6,12,18H,7H2,1-3H3. The summed E-state index contributed by atoms with van der Waals surface area (Å²) < 4.78 is 2.75. The Kier molecular flexibility index (Phi) is 3.82. The number of hydrogen-bond acceptors (Lipinski definition) is 3. The molecule has 0 spiro atoms. The molecule has 2 aromatic rings. The summed E-state index contributed by atoms with van der Waals surface area (Å²) in [5, 5.41) is 14.5. The van der Waals surface area contributed by atoms with Crippen LogP contribution >= 0.6 is 15.9 Å². The van der Waals surface area contributed by atoms with Gasteiger partial charge in [0.15, 0.2) is 0 Å². The van der Waals surface area contributed by atoms with E-state index in [1.807, 2.05) is 39.1 Å². The quantitative estimate of drug-likeness (QED) is 0.947. The number of nitrogens with zero attached hydrogens (tertiary/aromatic N) is 3. The van der Waals surface area contributed by atoms with Crippen molar-refractivity contribution in [3.8, 4) is 0 Å². The van der Waals surface area contributed by atoms with Crippen molar-refractivity contribution < 1.29 is 5.11 Å². The lowest BCUT2D eigenvalue weighted by Gasteiger charge is -2.11. The van der Waals surface area contributed by atoms with E-state index in [0.717, 1.165) is 21.6 Å². The number of hydrogen-bond donors (Lipinski definition) is 1. The molecule has 96 valence electrons. The molecule has 4 nitrogen and oxygen atoms in total. The molecule has 0 aliphatic heterocycles. The lowest BCUT2D eigenvalue weighted by Crippen LogP contribution is -2.08. The van der Waals surface area contributed by atoms with Gasteiger partial charge < -0.3 is 5.11 Å². The van der Waals surface area contributed by atoms with Gasteiger partial charge in [0.25, 0.3) is 0 Å². The van der Waals surface area contributed by atoms with Crippen LogP contribution in [0.5, 0.6) is 0 Å². The average molecular weight is 310 g/mol. The van der Waals surface area contributed by atoms with E-state index in [9.17, 15) is 5.11 Å². The van der Waals surface area contributed by atoms with Gasteiger partial charge >= 0.3 is 0 Å². The summed E-state index contributed by atoms with van der Waals surface area (Å²) in [6.45, 7) is 3.85. The third kappa shape index (κ3) is 2.62. The summed E-state index contributed by atoms with van der Waals surface area (Å²) >= 11 is 3.50. The Balaban J connectivity index is 2.24. The molecule has 5 heteroatoms. The zero-order chi connectivity index (χ0) is 13.3. The molecule has 2 rings (SSSR count). The van der Waals surface area contributed by atoms with Crippen LogP contribution in [0.15, 0.2) is 22.7 Å². The van der Waals surface area contributed by atoms with Crippen molar-refractivity contribution in [2.75, 3.05) is 0 Å². The minimum atomic E-state index is -0.615. The van der Waals surface area contributed by atoms with Crippen molar-refractivity contribution in [1.29, 1.82) is 0 Å². The smallest absolute Gasteiger partial charge is 0.101 e. The number of aromatic nitrogens is 3. The van der Waals surface area contributed by atoms with E-state index < -0.39 is 6.10 Å². The Hall–Kier alpha value is -1.20. The van der Waals surface area contributed by atoms with E-state index >= 15 is 0 Å². The van der Waals surface area contributed by atoms with Crippen molar-refractivity contribution in [2.24, 2.45) is 7.05 Å². The van der Waals surface area contributed by atoms with Crippen molar-refractivity contribution in [2.45, 2.75) is 26.4 Å². The SMILES string of the molecule is Cc1cccc(C(O)Cc2c(Br)c(C)nn2C)n1. The number of aliphatic hydroxyl groups excluding tert-OH is 1. The fourth-order valence-corrected chi connectivity index (χ4v) is 2.44. The van der Waals surface area contributed by atoms with Crippen LogP contribution in [0, 0.1) is 13.8 Å². The van der Waals surface area contributed by atoms with Gasteiger partial charge in [-0.15, -0.1) is 0 Å². The van der Waals surface area contributed by atoms with Crippen LogP contribution < -0.4 is 0 Å². The maximum atomic E-state index is 10.2. The molecular weight excluding hydrogens is 294 g/mol. The normalized spacial score (nSPS) is 12.7. The molecule has 2 aromatic heterocycles. The molecule has 2 heterocycles. The van der Waals surface area contributed by atoms with Crippen molar-refractivity contribution in [3.05, 3.63) is 45.4 Å². The third-order valence-electron chi connectivity index (χ3n) is 2.90. The minimum absolute atomic E-state index is 0.494. The Morgan fingerprint density at radius 2 is 2.11 bits per heavy atom. The van der Waals surface area contributed by atoms with Gasteiger partial charge in [0.2, 0.25) is 0 Å². The topological polar surface area (TPSA) is 50.9 Å². The van der Waals surface area contributed by atoms with Crippen LogP contribution in [-0.4, -0.2) is 19.9 Å². The van der Waals surface area contributed by atoms with Gasteiger partial charge in [-0.25, -0.2) is 0 Å². The Morgan fingerprint density at radius 3 is 2.67 bits per heavy atom. The first-order chi connectivity index (χ1) is 8.49. The van der Waals surface area contributed by atoms with Crippen LogP contribution in [0.1, 0.15) is 28.9 Å². The molecule has 1 atom stereocenters. The van der Waals surface area contributed by atoms with Gasteiger partial charge in [0.05, 0.1) is 21.6 Å². The van der Waals surface area contributed by atoms with Crippen LogP contribution in [0.2, 0.25) is 0 Å². The van der Waals surface area contributed by atoms with Gasteiger partial charge in [-0.3, -0.25) is 9.67 Å². The second kappa shape index (κ2) is 5.20. The summed E-state index contributed by atoms with van der Waals surface area (Å²) in [4.78, 5) is 4.34. The summed E-state index contributed by atoms with van der Waals surface area (Å²) in [6.07, 6.45) is -0.120. The highest BCUT2D eigenvalue weighted by Gasteiger charge is 2.17. The first kappa shape index (κ1) is 13.2. The molecule has 0 radical (unpaired) electrons. The highest BCUT2D eigenvalue weighted by atomic mass is 79.9. The molecule has 0 aliphatic carbocycles. The maximum absolute atomic E-state index is 10.2. The highest BCUT2D eigenvalue weighted by Crippen LogP contribution is 2.25. The summed E-state index contributed by atoms with van der Waals surface area (Å²) in [6, 6.07) is 5.67. The average Bonchev–Trinajstić information content (AvgIpc) is 2.56. The minimum Gasteiger partial charge on any atom is -0.386 e. The molecule has 1 unspecified atom stereocenters. The number of aliphatic hydroxyl groups is 1. The molecule has 0 amide bonds. The molecule has 0 saturated carbocycles. The van der Waals surface area contributed by atoms with Gasteiger partial charge in [0, 0.05) is 19.2 Å². The number of aryl methyl sites for hydroxylation is 3. The molecule has 0 bridgehead atoms. The molecule has 1 N–H and O–H groups in total. The number of halogens is 1. The summed E-state index contributed by atoms with van der Waals surface area (Å²) in [7, 11) is 1.88. The zero-order valence-corrected chi connectivity index (χ0v) is 12.3. The lowest BCUT2D eigenvalue weighted by atomic mass is 10.1. The van der Waals surface area contributed by atoms with E-state index in [-0.39, 0.29) is 0 Å². The first-order valence-electron chi connectivity index (χ1n) is 5.78. The molecule has 0 aliphatic rings. The maximum Gasteiger partial charge on any atom is 0.101 e. The van der Waals surface area contributed by atoms with E-state index in [1.54, 1.807) is 4.68 Å². The van der Waals surface area contributed by atoms with Gasteiger partial charge in [0.1, 0.15) is 6.10 Å². The van der Waals surface area contributed by atoms with Crippen LogP contribution in [0.25, 0.3) is 0 Å². The molecule has 0 aromatic carbocycles. The van der Waals surface area contributed by atoms with Crippen LogP contribution in [0.3, 0.4) is 0 Å². The van der Waals surface area contributed by atoms with Crippen molar-refractivity contribution in [1.82, 2.24) is 14.8 Å². The van der Waals surface area contributed by atoms with Gasteiger partial charge in [-0.05, 0) is 41.9 Å². The fourth-order valence-electron chi connectivity index (χ4n) is 1.94. The Labute approximate surface area is 115 Å². The third-order valence-corrected chi connectivity index (χ3v) is 3.93. The molecule has 18 heavy (non-hydrogen) atoms. The van der Waals surface area contributed by atoms with Gasteiger partial charge in [-0.1, -0.05) is 6.07 Å². The Morgan fingerprint density at radius 1 is 1.39 bits per heavy atom. The lowest BCUT2D eigenvalue weighted by molar-refractivity contribution is 0.170. The highest BCUT2D eigenvalue weighted by molar-refractivity contribution is 9.10. The van der Waals surface area contributed by atoms with E-state index in [1.165, 1.54) is 0 Å². The van der Waals surface area contributed by atoms with Crippen LogP contribution in [0.4, 0.5) is 0 Å². The molecule has 0 saturated heterocycles. The van der Waals surface area contributed by atoms with Crippen LogP contribution in [-0.2, 0) is 13.5 Å². The summed E-state index contributed by atoms with van der Waals surface area (Å²) in [5.41, 5.74) is 3.51. The van der Waals surface area contributed by atoms with E-state index in [0.29, 0.717) is 12.1 Å².